The van der Waals surface area contributed by atoms with Crippen LogP contribution in [0.1, 0.15) is 42.5 Å². The molecule has 1 heterocycles. The number of pyridine rings is 1. The van der Waals surface area contributed by atoms with Gasteiger partial charge >= 0.3 is 0 Å². The van der Waals surface area contributed by atoms with Gasteiger partial charge in [0.2, 0.25) is 0 Å². The normalized spacial score (nSPS) is 17.8. The Kier molecular flexibility index (Phi) is 5.69. The lowest BCUT2D eigenvalue weighted by Crippen LogP contribution is -2.46. The molecule has 1 saturated carbocycles. The van der Waals surface area contributed by atoms with Gasteiger partial charge in [0.15, 0.2) is 5.78 Å². The zero-order chi connectivity index (χ0) is 20.6. The third-order valence-electron chi connectivity index (χ3n) is 5.51. The summed E-state index contributed by atoms with van der Waals surface area (Å²) in [6, 6.07) is 7.32. The third kappa shape index (κ3) is 3.69. The van der Waals surface area contributed by atoms with Crippen LogP contribution in [0.25, 0.3) is 0 Å². The van der Waals surface area contributed by atoms with Gasteiger partial charge in [-0.1, -0.05) is 48.5 Å². The first-order valence-corrected chi connectivity index (χ1v) is 10.9. The van der Waals surface area contributed by atoms with Crippen LogP contribution >= 0.6 is 39.1 Å². The average molecular weight is 495 g/mol. The van der Waals surface area contributed by atoms with Crippen molar-refractivity contribution < 1.29 is 9.59 Å². The average Bonchev–Trinajstić information content (AvgIpc) is 2.72. The van der Waals surface area contributed by atoms with Gasteiger partial charge in [-0.05, 0) is 47.0 Å². The Morgan fingerprint density at radius 3 is 2.41 bits per heavy atom. The molecule has 2 aromatic rings. The van der Waals surface area contributed by atoms with E-state index < -0.39 is 11.3 Å². The Morgan fingerprint density at radius 1 is 1.07 bits per heavy atom. The highest BCUT2D eigenvalue weighted by atomic mass is 79.9. The molecule has 0 unspecified atom stereocenters. The van der Waals surface area contributed by atoms with E-state index in [4.69, 9.17) is 23.2 Å². The first-order valence-electron chi connectivity index (χ1n) is 9.35. The zero-order valence-electron chi connectivity index (χ0n) is 15.4. The molecule has 150 valence electrons. The summed E-state index contributed by atoms with van der Waals surface area (Å²) in [7, 11) is 0. The van der Waals surface area contributed by atoms with Gasteiger partial charge in [-0.15, -0.1) is 0 Å². The summed E-state index contributed by atoms with van der Waals surface area (Å²) < 4.78 is 0.615. The first-order chi connectivity index (χ1) is 13.9. The molecule has 0 aliphatic heterocycles. The number of ketones is 1. The number of carbonyl (C=O) groups is 2. The molecule has 0 atom stereocenters. The molecule has 4 rings (SSSR count). The molecule has 0 saturated heterocycles. The molecule has 1 spiro atoms. The summed E-state index contributed by atoms with van der Waals surface area (Å²) in [6.07, 6.45) is 7.78. The van der Waals surface area contributed by atoms with Gasteiger partial charge < -0.3 is 10.6 Å². The predicted octanol–water partition coefficient (Wildman–Crippen LogP) is 6.19. The molecular weight excluding hydrogens is 477 g/mol. The van der Waals surface area contributed by atoms with Gasteiger partial charge in [-0.25, -0.2) is 0 Å². The minimum Gasteiger partial charge on any atom is -0.357 e. The van der Waals surface area contributed by atoms with Gasteiger partial charge in [0, 0.05) is 29.5 Å². The Hall–Kier alpha value is -1.89. The van der Waals surface area contributed by atoms with Crippen LogP contribution in [-0.4, -0.2) is 16.7 Å². The van der Waals surface area contributed by atoms with E-state index in [0.717, 1.165) is 37.1 Å². The van der Waals surface area contributed by atoms with E-state index in [1.165, 1.54) is 18.8 Å². The first kappa shape index (κ1) is 20.4. The Morgan fingerprint density at radius 2 is 1.72 bits per heavy atom. The smallest absolute Gasteiger partial charge is 0.258 e. The molecule has 0 radical (unpaired) electrons. The van der Waals surface area contributed by atoms with Crippen LogP contribution in [0.2, 0.25) is 10.0 Å². The van der Waals surface area contributed by atoms with Crippen molar-refractivity contribution in [1.29, 1.82) is 0 Å². The highest BCUT2D eigenvalue weighted by Gasteiger charge is 2.53. The van der Waals surface area contributed by atoms with Gasteiger partial charge in [0.25, 0.3) is 5.91 Å². The highest BCUT2D eigenvalue weighted by molar-refractivity contribution is 9.12. The Balaban J connectivity index is 1.54. The summed E-state index contributed by atoms with van der Waals surface area (Å²) in [6.45, 7) is 0. The van der Waals surface area contributed by atoms with Crippen LogP contribution in [-0.2, 0) is 4.79 Å². The van der Waals surface area contributed by atoms with Gasteiger partial charge in [0.1, 0.15) is 0 Å². The maximum Gasteiger partial charge on any atom is 0.258 e. The number of hydrogen-bond donors (Lipinski definition) is 2. The molecule has 2 aliphatic rings. The number of rotatable bonds is 4. The lowest BCUT2D eigenvalue weighted by atomic mass is 9.62. The second-order valence-electron chi connectivity index (χ2n) is 7.30. The second-order valence-corrected chi connectivity index (χ2v) is 8.91. The number of anilines is 2. The summed E-state index contributed by atoms with van der Waals surface area (Å²) in [5.74, 6) is -0.228. The molecular formula is C21H18BrCl2N3O2. The van der Waals surface area contributed by atoms with E-state index in [2.05, 4.69) is 31.5 Å². The number of nitrogens with zero attached hydrogens (tertiary/aromatic N) is 1. The molecule has 1 aromatic heterocycles. The van der Waals surface area contributed by atoms with E-state index in [9.17, 15) is 9.59 Å². The Labute approximate surface area is 187 Å². The molecule has 2 aliphatic carbocycles. The van der Waals surface area contributed by atoms with Gasteiger partial charge in [-0.2, -0.15) is 0 Å². The fraction of sp³-hybridized carbons (Fsp3) is 0.286. The lowest BCUT2D eigenvalue weighted by Gasteiger charge is -2.45. The second kappa shape index (κ2) is 8.09. The number of carbonyl (C=O) groups excluding carboxylic acids is 2. The fourth-order valence-corrected chi connectivity index (χ4v) is 5.43. The van der Waals surface area contributed by atoms with Crippen LogP contribution in [0.15, 0.2) is 46.8 Å². The van der Waals surface area contributed by atoms with Crippen LogP contribution < -0.4 is 10.6 Å². The summed E-state index contributed by atoms with van der Waals surface area (Å²) in [4.78, 5) is 29.0. The molecule has 8 heteroatoms. The lowest BCUT2D eigenvalue weighted by molar-refractivity contribution is -0.126. The van der Waals surface area contributed by atoms with Crippen LogP contribution in [0.3, 0.4) is 0 Å². The van der Waals surface area contributed by atoms with Gasteiger partial charge in [0.05, 0.1) is 25.5 Å². The van der Waals surface area contributed by atoms with Crippen molar-refractivity contribution in [3.05, 3.63) is 62.4 Å². The number of nitrogens with one attached hydrogen (secondary N) is 2. The SMILES string of the molecule is O=C(Nc1cccc(NC2=C(Br)C(=O)C23CCCCC3)c1)c1c(Cl)cncc1Cl. The molecule has 5 nitrogen and oxygen atoms in total. The number of amides is 1. The minimum atomic E-state index is -0.414. The molecule has 29 heavy (non-hydrogen) atoms. The highest BCUT2D eigenvalue weighted by Crippen LogP contribution is 2.54. The van der Waals surface area contributed by atoms with E-state index in [1.807, 2.05) is 18.2 Å². The van der Waals surface area contributed by atoms with E-state index in [-0.39, 0.29) is 21.4 Å². The van der Waals surface area contributed by atoms with Crippen molar-refractivity contribution in [2.75, 3.05) is 10.6 Å². The number of hydrogen-bond acceptors (Lipinski definition) is 4. The zero-order valence-corrected chi connectivity index (χ0v) is 18.5. The van der Waals surface area contributed by atoms with Crippen molar-refractivity contribution >= 4 is 62.2 Å². The standard InChI is InChI=1S/C21H18BrCl2N3O2/c22-17-18(21(19(17)28)7-2-1-3-8-21)26-12-5-4-6-13(9-12)27-20(29)16-14(23)10-25-11-15(16)24/h4-6,9-11,26H,1-3,7-8H2,(H,27,29). The predicted molar refractivity (Wildman–Crippen MR) is 119 cm³/mol. The largest absolute Gasteiger partial charge is 0.357 e. The van der Waals surface area contributed by atoms with Crippen LogP contribution in [0, 0.1) is 5.41 Å². The number of allylic oxidation sites excluding steroid dienone is 2. The molecule has 1 amide bonds. The summed E-state index contributed by atoms with van der Waals surface area (Å²) in [5, 5.41) is 6.58. The van der Waals surface area contributed by atoms with Crippen LogP contribution in [0.4, 0.5) is 11.4 Å². The fourth-order valence-electron chi connectivity index (χ4n) is 4.03. The maximum absolute atomic E-state index is 12.6. The van der Waals surface area contributed by atoms with Crippen molar-refractivity contribution in [3.63, 3.8) is 0 Å². The van der Waals surface area contributed by atoms with Crippen molar-refractivity contribution in [2.45, 2.75) is 32.1 Å². The molecule has 0 bridgehead atoms. The third-order valence-corrected chi connectivity index (χ3v) is 6.84. The van der Waals surface area contributed by atoms with E-state index in [1.54, 1.807) is 6.07 Å². The summed E-state index contributed by atoms with van der Waals surface area (Å²) in [5.41, 5.74) is 2.10. The topological polar surface area (TPSA) is 71.1 Å². The van der Waals surface area contributed by atoms with Crippen molar-refractivity contribution in [2.24, 2.45) is 5.41 Å². The summed E-state index contributed by atoms with van der Waals surface area (Å²) >= 11 is 15.6. The monoisotopic (exact) mass is 493 g/mol. The van der Waals surface area contributed by atoms with Crippen molar-refractivity contribution in [3.8, 4) is 0 Å². The van der Waals surface area contributed by atoms with Crippen molar-refractivity contribution in [1.82, 2.24) is 4.98 Å². The van der Waals surface area contributed by atoms with Crippen LogP contribution in [0.5, 0.6) is 0 Å². The van der Waals surface area contributed by atoms with Gasteiger partial charge in [-0.3, -0.25) is 14.6 Å². The quantitative estimate of drug-likeness (QED) is 0.531. The number of benzene rings is 1. The minimum absolute atomic E-state index is 0.179. The molecule has 1 fully saturated rings. The van der Waals surface area contributed by atoms with E-state index >= 15 is 0 Å². The molecule has 1 aromatic carbocycles. The number of Topliss-reactive ketones (excluding diaryl/α,β-unsaturated/α-hetero) is 1. The Bertz CT molecular complexity index is 1010. The number of halogens is 3. The van der Waals surface area contributed by atoms with E-state index in [0.29, 0.717) is 10.2 Å². The molecule has 2 N–H and O–H groups in total. The number of aromatic nitrogens is 1. The maximum atomic E-state index is 12.6.